The molecular weight excluding hydrogens is 723 g/mol. The lowest BCUT2D eigenvalue weighted by Crippen LogP contribution is -2.28. The van der Waals surface area contributed by atoms with Crippen molar-refractivity contribution >= 4 is 37.3 Å². The molecule has 0 radical (unpaired) electrons. The molecule has 0 spiro atoms. The van der Waals surface area contributed by atoms with Crippen LogP contribution in [0.4, 0.5) is 0 Å². The smallest absolute Gasteiger partial charge is 0.393 e. The van der Waals surface area contributed by atoms with E-state index in [-0.39, 0.29) is 24.0 Å². The average molecular weight is 787 g/mol. The van der Waals surface area contributed by atoms with Crippen LogP contribution >= 0.6 is 7.82 Å². The van der Waals surface area contributed by atoms with Crippen LogP contribution in [0.2, 0.25) is 0 Å². The van der Waals surface area contributed by atoms with E-state index >= 15 is 0 Å². The first-order chi connectivity index (χ1) is 25.5. The summed E-state index contributed by atoms with van der Waals surface area (Å²) in [6.45, 7) is 20.6. The van der Waals surface area contributed by atoms with Crippen LogP contribution in [-0.2, 0) is 42.1 Å². The van der Waals surface area contributed by atoms with Crippen molar-refractivity contribution in [1.82, 2.24) is 0 Å². The molecule has 1 unspecified atom stereocenters. The molecule has 1 atom stereocenters. The predicted octanol–water partition coefficient (Wildman–Crippen LogP) is 9.73. The first-order valence-electron chi connectivity index (χ1n) is 18.5. The van der Waals surface area contributed by atoms with Gasteiger partial charge in [-0.05, 0) is 147 Å². The number of aliphatic hydroxyl groups excluding tert-OH is 2. The second-order valence-electron chi connectivity index (χ2n) is 14.6. The molecule has 0 fully saturated rings. The summed E-state index contributed by atoms with van der Waals surface area (Å²) in [5, 5.41) is 19.3. The summed E-state index contributed by atoms with van der Waals surface area (Å²) >= 11 is 0. The van der Waals surface area contributed by atoms with E-state index < -0.39 is 61.2 Å². The number of rotatable bonds is 23. The average Bonchev–Trinajstić information content (AvgIpc) is 3.03. The fraction of sp³-hybridized carbons (Fsp3) is 0.512. The zero-order valence-corrected chi connectivity index (χ0v) is 35.8. The highest BCUT2D eigenvalue weighted by atomic mass is 31.2. The summed E-state index contributed by atoms with van der Waals surface area (Å²) in [6, 6.07) is 0. The van der Waals surface area contributed by atoms with Crippen LogP contribution in [0, 0.1) is 0 Å². The highest BCUT2D eigenvalue weighted by Crippen LogP contribution is 2.51. The SMILES string of the molecule is CC(C)=CCC/C(C)=C/C(=O)/C(C(=O)OP(=O)(OC(=O)/C(C(=O)/C=C(\C)CCC=C(C)C)=C(\C)CCC=C(C)C)OC(=O)C(O)CO)=C(/C)CCC=C(C)C. The van der Waals surface area contributed by atoms with Gasteiger partial charge in [-0.15, -0.1) is 0 Å². The maximum atomic E-state index is 14.2. The maximum absolute atomic E-state index is 14.2. The Morgan fingerprint density at radius 3 is 1.13 bits per heavy atom. The van der Waals surface area contributed by atoms with E-state index in [9.17, 15) is 38.8 Å². The number of ketones is 2. The molecule has 0 aromatic heterocycles. The standard InChI is InChI=1S/C43H63O11P/c1-28(2)17-13-21-32(9)25-36(45)39(34(11)23-15-19-30(5)6)42(49)53-55(51,52-41(48)38(47)27-44)54-43(50)40(35(12)24-16-20-31(7)8)37(46)26-33(10)22-14-18-29(3)4/h17-20,25-26,38,44,47H,13-16,21-24,27H2,1-12H3/b32-25+,33-26+,39-34+,40-35+. The molecule has 0 bridgehead atoms. The number of phosphoric acid groups is 1. The van der Waals surface area contributed by atoms with Gasteiger partial charge in [-0.25, -0.2) is 14.4 Å². The summed E-state index contributed by atoms with van der Waals surface area (Å²) in [5.74, 6) is -6.36. The van der Waals surface area contributed by atoms with Gasteiger partial charge in [-0.2, -0.15) is 4.57 Å². The fourth-order valence-electron chi connectivity index (χ4n) is 4.88. The molecule has 0 saturated heterocycles. The van der Waals surface area contributed by atoms with Crippen molar-refractivity contribution in [1.29, 1.82) is 0 Å². The number of hydrogen-bond donors (Lipinski definition) is 2. The Balaban J connectivity index is 7.24. The molecule has 0 aliphatic carbocycles. The van der Waals surface area contributed by atoms with Crippen molar-refractivity contribution in [3.63, 3.8) is 0 Å². The first-order valence-corrected chi connectivity index (χ1v) is 20.0. The van der Waals surface area contributed by atoms with Crippen LogP contribution in [0.5, 0.6) is 0 Å². The van der Waals surface area contributed by atoms with Crippen molar-refractivity contribution in [3.05, 3.63) is 92.2 Å². The molecule has 12 heteroatoms. The van der Waals surface area contributed by atoms with Crippen LogP contribution in [0.15, 0.2) is 92.2 Å². The fourth-order valence-corrected chi connectivity index (χ4v) is 5.93. The van der Waals surface area contributed by atoms with Gasteiger partial charge in [0.2, 0.25) is 0 Å². The summed E-state index contributed by atoms with van der Waals surface area (Å²) in [5.41, 5.74) is 4.90. The monoisotopic (exact) mass is 786 g/mol. The van der Waals surface area contributed by atoms with Crippen LogP contribution in [0.25, 0.3) is 0 Å². The number of hydrogen-bond acceptors (Lipinski definition) is 11. The van der Waals surface area contributed by atoms with Crippen molar-refractivity contribution < 1.29 is 52.3 Å². The zero-order chi connectivity index (χ0) is 42.5. The third kappa shape index (κ3) is 21.5. The van der Waals surface area contributed by atoms with Gasteiger partial charge in [-0.1, -0.05) is 68.9 Å². The van der Waals surface area contributed by atoms with Gasteiger partial charge in [0.05, 0.1) is 6.61 Å². The Morgan fingerprint density at radius 1 is 0.527 bits per heavy atom. The topological polar surface area (TPSA) is 171 Å². The third-order valence-corrected chi connectivity index (χ3v) is 9.05. The predicted molar refractivity (Wildman–Crippen MR) is 217 cm³/mol. The van der Waals surface area contributed by atoms with E-state index in [1.807, 2.05) is 79.7 Å². The molecule has 0 amide bonds. The van der Waals surface area contributed by atoms with E-state index in [1.165, 1.54) is 26.0 Å². The maximum Gasteiger partial charge on any atom is 0.654 e. The summed E-state index contributed by atoms with van der Waals surface area (Å²) < 4.78 is 29.2. The van der Waals surface area contributed by atoms with E-state index in [4.69, 9.17) is 13.6 Å². The van der Waals surface area contributed by atoms with Crippen molar-refractivity contribution in [3.8, 4) is 0 Å². The van der Waals surface area contributed by atoms with Gasteiger partial charge in [0.25, 0.3) is 0 Å². The van der Waals surface area contributed by atoms with E-state index in [2.05, 4.69) is 0 Å². The lowest BCUT2D eigenvalue weighted by molar-refractivity contribution is -0.149. The summed E-state index contributed by atoms with van der Waals surface area (Å²) in [7, 11) is -5.70. The van der Waals surface area contributed by atoms with Gasteiger partial charge >= 0.3 is 25.7 Å². The Morgan fingerprint density at radius 2 is 0.836 bits per heavy atom. The second kappa shape index (κ2) is 25.8. The molecule has 0 aromatic carbocycles. The Kier molecular flexibility index (Phi) is 23.9. The molecule has 2 N–H and O–H groups in total. The number of aliphatic hydroxyl groups is 2. The molecule has 0 heterocycles. The van der Waals surface area contributed by atoms with Crippen LogP contribution in [0.3, 0.4) is 0 Å². The molecule has 0 rings (SSSR count). The zero-order valence-electron chi connectivity index (χ0n) is 34.9. The minimum Gasteiger partial charge on any atom is -0.393 e. The normalized spacial score (nSPS) is 14.1. The third-order valence-electron chi connectivity index (χ3n) is 7.87. The number of carbonyl (C=O) groups is 5. The van der Waals surface area contributed by atoms with Crippen molar-refractivity contribution in [2.45, 2.75) is 141 Å². The summed E-state index contributed by atoms with van der Waals surface area (Å²) in [4.78, 5) is 67.6. The van der Waals surface area contributed by atoms with Crippen molar-refractivity contribution in [2.24, 2.45) is 0 Å². The van der Waals surface area contributed by atoms with Crippen LogP contribution < -0.4 is 0 Å². The van der Waals surface area contributed by atoms with Gasteiger partial charge in [-0.3, -0.25) is 9.59 Å². The highest BCUT2D eigenvalue weighted by molar-refractivity contribution is 7.50. The lowest BCUT2D eigenvalue weighted by atomic mass is 9.98. The largest absolute Gasteiger partial charge is 0.654 e. The quantitative estimate of drug-likeness (QED) is 0.0332. The van der Waals surface area contributed by atoms with Gasteiger partial charge < -0.3 is 23.8 Å². The van der Waals surface area contributed by atoms with Crippen LogP contribution in [-0.4, -0.2) is 52.4 Å². The van der Waals surface area contributed by atoms with E-state index in [0.29, 0.717) is 49.7 Å². The highest BCUT2D eigenvalue weighted by Gasteiger charge is 2.44. The molecule has 11 nitrogen and oxygen atoms in total. The molecule has 0 aliphatic heterocycles. The molecule has 0 saturated carbocycles. The van der Waals surface area contributed by atoms with Gasteiger partial charge in [0.1, 0.15) is 11.1 Å². The molecule has 0 aromatic rings. The second-order valence-corrected chi connectivity index (χ2v) is 16.1. The number of phosphoric ester groups is 1. The molecule has 55 heavy (non-hydrogen) atoms. The Labute approximate surface area is 328 Å². The Bertz CT molecular complexity index is 1580. The first kappa shape index (κ1) is 50.8. The van der Waals surface area contributed by atoms with E-state index in [1.54, 1.807) is 13.8 Å². The van der Waals surface area contributed by atoms with Crippen molar-refractivity contribution in [2.75, 3.05) is 6.61 Å². The Hall–Kier alpha value is -4.18. The molecule has 306 valence electrons. The van der Waals surface area contributed by atoms with E-state index in [0.717, 1.165) is 22.3 Å². The number of allylic oxidation sites excluding steroid dienone is 14. The molecular formula is C43H63O11P. The van der Waals surface area contributed by atoms with Gasteiger partial charge in [0.15, 0.2) is 17.7 Å². The van der Waals surface area contributed by atoms with Crippen LogP contribution in [0.1, 0.15) is 134 Å². The molecule has 0 aliphatic rings. The minimum atomic E-state index is -5.70. The summed E-state index contributed by atoms with van der Waals surface area (Å²) in [6.07, 6.45) is 11.6. The lowest BCUT2D eigenvalue weighted by Gasteiger charge is -2.19. The van der Waals surface area contributed by atoms with Gasteiger partial charge in [0, 0.05) is 0 Å². The minimum absolute atomic E-state index is 0.213. The number of carbonyl (C=O) groups excluding carboxylic acids is 5.